The van der Waals surface area contributed by atoms with Crippen molar-refractivity contribution in [3.63, 3.8) is 0 Å². The van der Waals surface area contributed by atoms with Gasteiger partial charge in [-0.2, -0.15) is 0 Å². The van der Waals surface area contributed by atoms with Crippen molar-refractivity contribution in [2.24, 2.45) is 0 Å². The smallest absolute Gasteiger partial charge is 0.257 e. The van der Waals surface area contributed by atoms with E-state index >= 15 is 0 Å². The Morgan fingerprint density at radius 2 is 1.60 bits per heavy atom. The fourth-order valence-corrected chi connectivity index (χ4v) is 4.85. The van der Waals surface area contributed by atoms with Crippen LogP contribution in [0.4, 0.5) is 5.13 Å². The number of amides is 1. The lowest BCUT2D eigenvalue weighted by Crippen LogP contribution is -2.12. The maximum Gasteiger partial charge on any atom is 0.257 e. The summed E-state index contributed by atoms with van der Waals surface area (Å²) in [6.45, 7) is 0. The van der Waals surface area contributed by atoms with Crippen molar-refractivity contribution in [3.8, 4) is 38.9 Å². The molecule has 6 nitrogen and oxygen atoms in total. The number of aromatic nitrogens is 1. The van der Waals surface area contributed by atoms with Gasteiger partial charge in [0.2, 0.25) is 5.75 Å². The number of thiazole rings is 1. The van der Waals surface area contributed by atoms with E-state index in [1.54, 1.807) is 12.1 Å². The lowest BCUT2D eigenvalue weighted by Gasteiger charge is -2.13. The average molecular weight is 418 g/mol. The molecule has 30 heavy (non-hydrogen) atoms. The Bertz CT molecular complexity index is 1230. The minimum atomic E-state index is -0.298. The number of anilines is 1. The van der Waals surface area contributed by atoms with Crippen LogP contribution in [0.15, 0.2) is 48.5 Å². The van der Waals surface area contributed by atoms with E-state index in [0.717, 1.165) is 21.7 Å². The zero-order valence-corrected chi connectivity index (χ0v) is 17.4. The molecule has 0 saturated carbocycles. The maximum atomic E-state index is 12.9. The molecule has 0 fully saturated rings. The largest absolute Gasteiger partial charge is 0.493 e. The Morgan fingerprint density at radius 3 is 2.23 bits per heavy atom. The van der Waals surface area contributed by atoms with E-state index in [4.69, 9.17) is 19.2 Å². The van der Waals surface area contributed by atoms with E-state index in [9.17, 15) is 4.79 Å². The first-order valence-electron chi connectivity index (χ1n) is 9.29. The lowest BCUT2D eigenvalue weighted by molar-refractivity contribution is 0.102. The van der Waals surface area contributed by atoms with Crippen LogP contribution >= 0.6 is 11.3 Å². The summed E-state index contributed by atoms with van der Waals surface area (Å²) in [5, 5.41) is 5.87. The predicted molar refractivity (Wildman–Crippen MR) is 118 cm³/mol. The summed E-state index contributed by atoms with van der Waals surface area (Å²) < 4.78 is 16.0. The number of methoxy groups -OCH3 is 3. The summed E-state index contributed by atoms with van der Waals surface area (Å²) in [5.74, 6) is 0.983. The van der Waals surface area contributed by atoms with Crippen molar-refractivity contribution < 1.29 is 19.0 Å². The summed E-state index contributed by atoms with van der Waals surface area (Å²) in [6.07, 6.45) is 0. The van der Waals surface area contributed by atoms with Gasteiger partial charge >= 0.3 is 0 Å². The number of nitrogens with zero attached hydrogens (tertiary/aromatic N) is 1. The molecule has 0 aliphatic heterocycles. The van der Waals surface area contributed by atoms with E-state index in [-0.39, 0.29) is 5.91 Å². The monoisotopic (exact) mass is 418 g/mol. The molecule has 1 aliphatic carbocycles. The second-order valence-corrected chi connectivity index (χ2v) is 7.77. The standard InChI is InChI=1S/C23H18N2O4S/c1-27-16-10-13(11-17(28-2)20(16)29-3)22(26)25-23-24-19-14-8-4-6-12-7-5-9-15(18(12)14)21(19)30-23/h4-11H,1-3H3,(H,24,25,26). The highest BCUT2D eigenvalue weighted by atomic mass is 32.1. The molecule has 7 heteroatoms. The van der Waals surface area contributed by atoms with Crippen LogP contribution < -0.4 is 19.5 Å². The van der Waals surface area contributed by atoms with Gasteiger partial charge in [0.1, 0.15) is 0 Å². The third-order valence-corrected chi connectivity index (χ3v) is 6.18. The van der Waals surface area contributed by atoms with Crippen LogP contribution in [0.3, 0.4) is 0 Å². The van der Waals surface area contributed by atoms with Crippen LogP contribution in [0.1, 0.15) is 10.4 Å². The van der Waals surface area contributed by atoms with Gasteiger partial charge in [-0.15, -0.1) is 0 Å². The van der Waals surface area contributed by atoms with E-state index in [2.05, 4.69) is 29.6 Å². The second-order valence-electron chi connectivity index (χ2n) is 6.77. The van der Waals surface area contributed by atoms with E-state index < -0.39 is 0 Å². The molecule has 0 bridgehead atoms. The van der Waals surface area contributed by atoms with Crippen molar-refractivity contribution in [2.45, 2.75) is 0 Å². The Kier molecular flexibility index (Phi) is 4.33. The number of carbonyl (C=O) groups excluding carboxylic acids is 1. The van der Waals surface area contributed by atoms with Gasteiger partial charge in [-0.3, -0.25) is 10.1 Å². The molecular weight excluding hydrogens is 400 g/mol. The molecule has 1 N–H and O–H groups in total. The first kappa shape index (κ1) is 18.4. The first-order valence-corrected chi connectivity index (χ1v) is 10.1. The molecule has 0 radical (unpaired) electrons. The fourth-order valence-electron chi connectivity index (χ4n) is 3.85. The van der Waals surface area contributed by atoms with E-state index in [1.807, 2.05) is 12.1 Å². The van der Waals surface area contributed by atoms with Crippen LogP contribution in [-0.2, 0) is 0 Å². The number of hydrogen-bond donors (Lipinski definition) is 1. The van der Waals surface area contributed by atoms with Crippen molar-refractivity contribution in [2.75, 3.05) is 26.6 Å². The summed E-state index contributed by atoms with van der Waals surface area (Å²) in [4.78, 5) is 18.7. The fraction of sp³-hybridized carbons (Fsp3) is 0.130. The Labute approximate surface area is 177 Å². The van der Waals surface area contributed by atoms with Crippen molar-refractivity contribution >= 4 is 33.1 Å². The normalized spacial score (nSPS) is 11.3. The van der Waals surface area contributed by atoms with Crippen LogP contribution in [-0.4, -0.2) is 32.2 Å². The Morgan fingerprint density at radius 1 is 0.933 bits per heavy atom. The average Bonchev–Trinajstić information content (AvgIpc) is 3.32. The summed E-state index contributed by atoms with van der Waals surface area (Å²) in [5.41, 5.74) is 3.56. The molecule has 1 aliphatic rings. The van der Waals surface area contributed by atoms with Crippen LogP contribution in [0, 0.1) is 0 Å². The minimum absolute atomic E-state index is 0.298. The highest BCUT2D eigenvalue weighted by Crippen LogP contribution is 2.50. The number of benzene rings is 3. The van der Waals surface area contributed by atoms with Crippen LogP contribution in [0.5, 0.6) is 17.2 Å². The minimum Gasteiger partial charge on any atom is -0.493 e. The van der Waals surface area contributed by atoms with Crippen molar-refractivity contribution in [1.82, 2.24) is 4.98 Å². The number of hydrogen-bond acceptors (Lipinski definition) is 6. The summed E-state index contributed by atoms with van der Waals surface area (Å²) >= 11 is 1.47. The number of rotatable bonds is 5. The number of nitrogens with one attached hydrogen (secondary N) is 1. The third-order valence-electron chi connectivity index (χ3n) is 5.18. The second kappa shape index (κ2) is 7.03. The molecule has 0 saturated heterocycles. The number of fused-ring (bicyclic) bond motifs is 3. The van der Waals surface area contributed by atoms with Gasteiger partial charge in [0.25, 0.3) is 5.91 Å². The topological polar surface area (TPSA) is 69.7 Å². The van der Waals surface area contributed by atoms with Crippen LogP contribution in [0.25, 0.3) is 32.5 Å². The van der Waals surface area contributed by atoms with Gasteiger partial charge in [-0.25, -0.2) is 4.98 Å². The van der Waals surface area contributed by atoms with E-state index in [0.29, 0.717) is 27.9 Å². The van der Waals surface area contributed by atoms with Crippen molar-refractivity contribution in [1.29, 1.82) is 0 Å². The van der Waals surface area contributed by atoms with Gasteiger partial charge in [-0.05, 0) is 22.9 Å². The van der Waals surface area contributed by atoms with Crippen molar-refractivity contribution in [3.05, 3.63) is 54.1 Å². The molecule has 1 amide bonds. The maximum absolute atomic E-state index is 12.9. The number of carbonyl (C=O) groups is 1. The molecule has 5 rings (SSSR count). The van der Waals surface area contributed by atoms with E-state index in [1.165, 1.54) is 43.4 Å². The third kappa shape index (κ3) is 2.70. The molecule has 1 aromatic heterocycles. The number of ether oxygens (including phenoxy) is 3. The Hall–Kier alpha value is -3.58. The van der Waals surface area contributed by atoms with Gasteiger partial charge in [-0.1, -0.05) is 47.7 Å². The van der Waals surface area contributed by atoms with Gasteiger partial charge in [0.05, 0.1) is 31.9 Å². The molecule has 3 aromatic carbocycles. The highest BCUT2D eigenvalue weighted by molar-refractivity contribution is 7.20. The first-order chi connectivity index (χ1) is 14.6. The SMILES string of the molecule is COc1cc(C(=O)Nc2nc3c(s2)-c2cccc4cccc-3c24)cc(OC)c1OC. The summed E-state index contributed by atoms with van der Waals surface area (Å²) in [7, 11) is 4.56. The molecular formula is C23H18N2O4S. The lowest BCUT2D eigenvalue weighted by atomic mass is 10.0. The van der Waals surface area contributed by atoms with Gasteiger partial charge < -0.3 is 14.2 Å². The molecule has 150 valence electrons. The summed E-state index contributed by atoms with van der Waals surface area (Å²) in [6, 6.07) is 15.7. The molecule has 1 heterocycles. The molecule has 4 aromatic rings. The molecule has 0 atom stereocenters. The van der Waals surface area contributed by atoms with Crippen LogP contribution in [0.2, 0.25) is 0 Å². The van der Waals surface area contributed by atoms with Gasteiger partial charge in [0.15, 0.2) is 16.6 Å². The predicted octanol–water partition coefficient (Wildman–Crippen LogP) is 5.22. The zero-order valence-electron chi connectivity index (χ0n) is 16.6. The van der Waals surface area contributed by atoms with Gasteiger partial charge in [0, 0.05) is 16.7 Å². The highest BCUT2D eigenvalue weighted by Gasteiger charge is 2.26. The quantitative estimate of drug-likeness (QED) is 0.424. The molecule has 0 unspecified atom stereocenters. The zero-order chi connectivity index (χ0) is 20.8. The molecule has 0 spiro atoms. The Balaban J connectivity index is 1.49.